The summed E-state index contributed by atoms with van der Waals surface area (Å²) in [7, 11) is 0. The van der Waals surface area contributed by atoms with Crippen LogP contribution in [0.15, 0.2) is 36.5 Å². The number of carbonyl (C=O) groups is 1. The molecule has 3 rings (SSSR count). The zero-order chi connectivity index (χ0) is 11.8. The lowest BCUT2D eigenvalue weighted by molar-refractivity contribution is -0.117. The van der Waals surface area contributed by atoms with Crippen molar-refractivity contribution in [1.29, 1.82) is 0 Å². The Balaban J connectivity index is 2.03. The standard InChI is InChI=1S/C13H11ClN2O/c14-10-6-13(17)16(8-10)11-5-9-3-1-2-4-12(9)15-7-11/h1-5,7,10H,6,8H2. The van der Waals surface area contributed by atoms with Crippen LogP contribution in [-0.4, -0.2) is 22.8 Å². The minimum Gasteiger partial charge on any atom is -0.309 e. The van der Waals surface area contributed by atoms with Crippen molar-refractivity contribution in [1.82, 2.24) is 4.98 Å². The number of halogens is 1. The van der Waals surface area contributed by atoms with Gasteiger partial charge in [0, 0.05) is 18.4 Å². The molecule has 1 aliphatic rings. The lowest BCUT2D eigenvalue weighted by atomic mass is 10.2. The molecule has 0 N–H and O–H groups in total. The van der Waals surface area contributed by atoms with E-state index in [0.717, 1.165) is 16.6 Å². The Morgan fingerprint density at radius 3 is 2.94 bits per heavy atom. The summed E-state index contributed by atoms with van der Waals surface area (Å²) in [6, 6.07) is 9.84. The Morgan fingerprint density at radius 2 is 2.18 bits per heavy atom. The number of para-hydroxylation sites is 1. The quantitative estimate of drug-likeness (QED) is 0.725. The third-order valence-electron chi connectivity index (χ3n) is 2.97. The zero-order valence-electron chi connectivity index (χ0n) is 9.14. The molecule has 1 aliphatic heterocycles. The van der Waals surface area contributed by atoms with E-state index in [1.54, 1.807) is 11.1 Å². The number of fused-ring (bicyclic) bond motifs is 1. The molecule has 1 amide bonds. The van der Waals surface area contributed by atoms with Crippen LogP contribution in [-0.2, 0) is 4.79 Å². The van der Waals surface area contributed by atoms with Gasteiger partial charge in [-0.15, -0.1) is 11.6 Å². The molecule has 1 unspecified atom stereocenters. The van der Waals surface area contributed by atoms with Crippen molar-refractivity contribution in [2.24, 2.45) is 0 Å². The van der Waals surface area contributed by atoms with E-state index in [9.17, 15) is 4.79 Å². The number of hydrogen-bond donors (Lipinski definition) is 0. The highest BCUT2D eigenvalue weighted by Gasteiger charge is 2.29. The third kappa shape index (κ3) is 1.87. The van der Waals surface area contributed by atoms with Gasteiger partial charge in [0.2, 0.25) is 5.91 Å². The molecule has 17 heavy (non-hydrogen) atoms. The molecular weight excluding hydrogens is 236 g/mol. The van der Waals surface area contributed by atoms with Gasteiger partial charge in [-0.3, -0.25) is 9.78 Å². The summed E-state index contributed by atoms with van der Waals surface area (Å²) in [5.74, 6) is 0.0714. The predicted octanol–water partition coefficient (Wildman–Crippen LogP) is 2.58. The molecule has 86 valence electrons. The lowest BCUT2D eigenvalue weighted by Gasteiger charge is -2.15. The topological polar surface area (TPSA) is 33.2 Å². The first-order valence-corrected chi connectivity index (χ1v) is 5.97. The van der Waals surface area contributed by atoms with Gasteiger partial charge in [-0.2, -0.15) is 0 Å². The summed E-state index contributed by atoms with van der Waals surface area (Å²) < 4.78 is 0. The smallest absolute Gasteiger partial charge is 0.228 e. The summed E-state index contributed by atoms with van der Waals surface area (Å²) in [5, 5.41) is 0.949. The number of carbonyl (C=O) groups excluding carboxylic acids is 1. The monoisotopic (exact) mass is 246 g/mol. The number of rotatable bonds is 1. The number of alkyl halides is 1. The summed E-state index contributed by atoms with van der Waals surface area (Å²) in [4.78, 5) is 17.8. The highest BCUT2D eigenvalue weighted by atomic mass is 35.5. The van der Waals surface area contributed by atoms with Crippen LogP contribution in [0.2, 0.25) is 0 Å². The highest BCUT2D eigenvalue weighted by molar-refractivity contribution is 6.24. The van der Waals surface area contributed by atoms with Crippen molar-refractivity contribution in [2.45, 2.75) is 11.8 Å². The number of aromatic nitrogens is 1. The Kier molecular flexibility index (Phi) is 2.48. The minimum absolute atomic E-state index is 0.0714. The Labute approximate surface area is 104 Å². The molecular formula is C13H11ClN2O. The van der Waals surface area contributed by atoms with Crippen LogP contribution in [0, 0.1) is 0 Å². The molecule has 0 spiro atoms. The molecule has 0 bridgehead atoms. The van der Waals surface area contributed by atoms with Gasteiger partial charge in [0.05, 0.1) is 22.8 Å². The molecule has 1 atom stereocenters. The molecule has 0 saturated carbocycles. The third-order valence-corrected chi connectivity index (χ3v) is 3.26. The molecule has 1 aromatic carbocycles. The van der Waals surface area contributed by atoms with Gasteiger partial charge in [-0.25, -0.2) is 0 Å². The van der Waals surface area contributed by atoms with Crippen LogP contribution >= 0.6 is 11.6 Å². The van der Waals surface area contributed by atoms with Crippen LogP contribution in [0.5, 0.6) is 0 Å². The lowest BCUT2D eigenvalue weighted by Crippen LogP contribution is -2.24. The molecule has 0 radical (unpaired) electrons. The number of pyridine rings is 1. The van der Waals surface area contributed by atoms with Gasteiger partial charge in [-0.05, 0) is 12.1 Å². The van der Waals surface area contributed by atoms with Crippen molar-refractivity contribution >= 4 is 34.1 Å². The van der Waals surface area contributed by atoms with Gasteiger partial charge in [-0.1, -0.05) is 18.2 Å². The van der Waals surface area contributed by atoms with Crippen LogP contribution in [0.4, 0.5) is 5.69 Å². The number of benzene rings is 1. The normalized spacial score (nSPS) is 20.2. The Morgan fingerprint density at radius 1 is 1.35 bits per heavy atom. The maximum atomic E-state index is 11.7. The maximum absolute atomic E-state index is 11.7. The van der Waals surface area contributed by atoms with Crippen molar-refractivity contribution < 1.29 is 4.79 Å². The van der Waals surface area contributed by atoms with Gasteiger partial charge in [0.1, 0.15) is 0 Å². The predicted molar refractivity (Wildman–Crippen MR) is 68.4 cm³/mol. The highest BCUT2D eigenvalue weighted by Crippen LogP contribution is 2.26. The molecule has 2 heterocycles. The zero-order valence-corrected chi connectivity index (χ0v) is 9.89. The fourth-order valence-electron chi connectivity index (χ4n) is 2.12. The largest absolute Gasteiger partial charge is 0.309 e. The van der Waals surface area contributed by atoms with E-state index in [4.69, 9.17) is 11.6 Å². The summed E-state index contributed by atoms with van der Waals surface area (Å²) in [5.41, 5.74) is 1.77. The summed E-state index contributed by atoms with van der Waals surface area (Å²) >= 11 is 5.99. The van der Waals surface area contributed by atoms with Crippen LogP contribution in [0.1, 0.15) is 6.42 Å². The van der Waals surface area contributed by atoms with E-state index >= 15 is 0 Å². The molecule has 0 aliphatic carbocycles. The summed E-state index contributed by atoms with van der Waals surface area (Å²) in [6.45, 7) is 0.570. The van der Waals surface area contributed by atoms with Crippen molar-refractivity contribution in [3.63, 3.8) is 0 Å². The van der Waals surface area contributed by atoms with Crippen molar-refractivity contribution in [3.8, 4) is 0 Å². The fraction of sp³-hybridized carbons (Fsp3) is 0.231. The maximum Gasteiger partial charge on any atom is 0.228 e. The first-order valence-electron chi connectivity index (χ1n) is 5.53. The first kappa shape index (κ1) is 10.5. The molecule has 1 fully saturated rings. The summed E-state index contributed by atoms with van der Waals surface area (Å²) in [6.07, 6.45) is 2.14. The van der Waals surface area contributed by atoms with Gasteiger partial charge in [0.25, 0.3) is 0 Å². The SMILES string of the molecule is O=C1CC(Cl)CN1c1cnc2ccccc2c1. The van der Waals surface area contributed by atoms with Crippen molar-refractivity contribution in [3.05, 3.63) is 36.5 Å². The number of hydrogen-bond acceptors (Lipinski definition) is 2. The average Bonchev–Trinajstić information content (AvgIpc) is 2.68. The molecule has 3 nitrogen and oxygen atoms in total. The minimum atomic E-state index is -0.0889. The molecule has 1 aromatic heterocycles. The number of anilines is 1. The molecule has 2 aromatic rings. The number of amides is 1. The molecule has 1 saturated heterocycles. The van der Waals surface area contributed by atoms with E-state index in [1.165, 1.54) is 0 Å². The van der Waals surface area contributed by atoms with Crippen LogP contribution in [0.25, 0.3) is 10.9 Å². The Hall–Kier alpha value is -1.61. The van der Waals surface area contributed by atoms with E-state index in [2.05, 4.69) is 4.98 Å². The molecule has 4 heteroatoms. The second-order valence-corrected chi connectivity index (χ2v) is 4.81. The van der Waals surface area contributed by atoms with E-state index < -0.39 is 0 Å². The first-order chi connectivity index (χ1) is 8.24. The van der Waals surface area contributed by atoms with Crippen LogP contribution in [0.3, 0.4) is 0 Å². The van der Waals surface area contributed by atoms with E-state index in [0.29, 0.717) is 13.0 Å². The number of nitrogens with zero attached hydrogens (tertiary/aromatic N) is 2. The van der Waals surface area contributed by atoms with E-state index in [-0.39, 0.29) is 11.3 Å². The second kappa shape index (κ2) is 4.00. The second-order valence-electron chi connectivity index (χ2n) is 4.19. The fourth-order valence-corrected chi connectivity index (χ4v) is 2.39. The van der Waals surface area contributed by atoms with Gasteiger partial charge < -0.3 is 4.90 Å². The van der Waals surface area contributed by atoms with Gasteiger partial charge in [0.15, 0.2) is 0 Å². The van der Waals surface area contributed by atoms with E-state index in [1.807, 2.05) is 30.3 Å². The van der Waals surface area contributed by atoms with Crippen molar-refractivity contribution in [2.75, 3.05) is 11.4 Å². The average molecular weight is 247 g/mol. The van der Waals surface area contributed by atoms with Gasteiger partial charge >= 0.3 is 0 Å². The van der Waals surface area contributed by atoms with Crippen LogP contribution < -0.4 is 4.90 Å². The Bertz CT molecular complexity index is 584.